The highest BCUT2D eigenvalue weighted by Crippen LogP contribution is 2.40. The topological polar surface area (TPSA) is 85.1 Å². The monoisotopic (exact) mass is 407 g/mol. The first kappa shape index (κ1) is 17.6. The molecule has 1 saturated carbocycles. The Labute approximate surface area is 160 Å². The number of aromatic nitrogens is 2. The fourth-order valence-electron chi connectivity index (χ4n) is 2.57. The molecule has 2 heterocycles. The number of nitrogens with one attached hydrogen (secondary N) is 1. The molecule has 0 radical (unpaired) electrons. The van der Waals surface area contributed by atoms with Crippen LogP contribution in [0.1, 0.15) is 29.5 Å². The number of hydrogen-bond acceptors (Lipinski definition) is 7. The molecule has 0 saturated heterocycles. The summed E-state index contributed by atoms with van der Waals surface area (Å²) in [6.07, 6.45) is 4.09. The van der Waals surface area contributed by atoms with Gasteiger partial charge in [-0.1, -0.05) is 11.2 Å². The van der Waals surface area contributed by atoms with Gasteiger partial charge in [0.1, 0.15) is 4.90 Å². The highest BCUT2D eigenvalue weighted by Gasteiger charge is 2.30. The molecule has 1 aromatic carbocycles. The van der Waals surface area contributed by atoms with Crippen LogP contribution in [0, 0.1) is 6.92 Å². The average molecular weight is 408 g/mol. The Morgan fingerprint density at radius 3 is 2.85 bits per heavy atom. The maximum Gasteiger partial charge on any atom is 0.263 e. The van der Waals surface area contributed by atoms with Crippen molar-refractivity contribution < 1.29 is 12.9 Å². The van der Waals surface area contributed by atoms with Crippen LogP contribution in [-0.2, 0) is 10.0 Å². The fraction of sp³-hybridized carbons (Fsp3) is 0.294. The smallest absolute Gasteiger partial charge is 0.263 e. The van der Waals surface area contributed by atoms with E-state index in [1.165, 1.54) is 11.3 Å². The van der Waals surface area contributed by atoms with Gasteiger partial charge in [-0.2, -0.15) is 4.98 Å². The van der Waals surface area contributed by atoms with Crippen LogP contribution in [0.5, 0.6) is 0 Å². The van der Waals surface area contributed by atoms with Crippen LogP contribution < -0.4 is 4.72 Å². The first-order valence-electron chi connectivity index (χ1n) is 8.07. The van der Waals surface area contributed by atoms with Crippen LogP contribution in [-0.4, -0.2) is 24.8 Å². The normalized spacial score (nSPS) is 14.5. The van der Waals surface area contributed by atoms with Crippen LogP contribution in [0.4, 0.5) is 5.69 Å². The summed E-state index contributed by atoms with van der Waals surface area (Å²) in [6, 6.07) is 8.92. The van der Waals surface area contributed by atoms with E-state index in [0.29, 0.717) is 33.1 Å². The standard InChI is InChI=1S/C17H17N3O3S3/c1-10-15(26(21,22)20-12-4-3-5-13(8-12)24-2)9-14(25-10)16-18-17(23-19-16)11-6-7-11/h3-5,8-9,11,20H,6-7H2,1-2H3. The van der Waals surface area contributed by atoms with Crippen molar-refractivity contribution in [3.05, 3.63) is 41.1 Å². The molecule has 1 N–H and O–H groups in total. The molecule has 2 aromatic heterocycles. The Kier molecular flexibility index (Phi) is 4.54. The van der Waals surface area contributed by atoms with E-state index in [2.05, 4.69) is 14.9 Å². The lowest BCUT2D eigenvalue weighted by Crippen LogP contribution is -2.13. The first-order chi connectivity index (χ1) is 12.5. The van der Waals surface area contributed by atoms with Crippen LogP contribution in [0.3, 0.4) is 0 Å². The van der Waals surface area contributed by atoms with Crippen molar-refractivity contribution in [2.24, 2.45) is 0 Å². The minimum atomic E-state index is -3.69. The minimum Gasteiger partial charge on any atom is -0.339 e. The van der Waals surface area contributed by atoms with E-state index in [4.69, 9.17) is 4.52 Å². The molecule has 0 unspecified atom stereocenters. The molecule has 3 aromatic rings. The van der Waals surface area contributed by atoms with Crippen molar-refractivity contribution in [2.75, 3.05) is 11.0 Å². The van der Waals surface area contributed by atoms with Crippen LogP contribution in [0.15, 0.2) is 44.6 Å². The molecule has 0 bridgehead atoms. The zero-order chi connectivity index (χ0) is 18.3. The van der Waals surface area contributed by atoms with Gasteiger partial charge in [0.25, 0.3) is 10.0 Å². The number of sulfonamides is 1. The molecular formula is C17H17N3O3S3. The molecule has 1 aliphatic rings. The Balaban J connectivity index is 1.62. The molecule has 1 aliphatic carbocycles. The molecule has 136 valence electrons. The quantitative estimate of drug-likeness (QED) is 0.605. The van der Waals surface area contributed by atoms with Gasteiger partial charge in [-0.3, -0.25) is 4.72 Å². The van der Waals surface area contributed by atoms with Gasteiger partial charge >= 0.3 is 0 Å². The third kappa shape index (κ3) is 3.51. The van der Waals surface area contributed by atoms with E-state index >= 15 is 0 Å². The summed E-state index contributed by atoms with van der Waals surface area (Å²) in [7, 11) is -3.69. The number of anilines is 1. The number of aryl methyl sites for hydroxylation is 1. The Bertz CT molecular complexity index is 1050. The zero-order valence-corrected chi connectivity index (χ0v) is 16.7. The molecule has 0 spiro atoms. The van der Waals surface area contributed by atoms with E-state index in [9.17, 15) is 8.42 Å². The van der Waals surface area contributed by atoms with Gasteiger partial charge < -0.3 is 4.52 Å². The van der Waals surface area contributed by atoms with Crippen molar-refractivity contribution in [3.63, 3.8) is 0 Å². The van der Waals surface area contributed by atoms with Crippen LogP contribution in [0.25, 0.3) is 10.7 Å². The molecule has 0 amide bonds. The summed E-state index contributed by atoms with van der Waals surface area (Å²) in [5.41, 5.74) is 0.541. The van der Waals surface area contributed by atoms with Gasteiger partial charge in [-0.05, 0) is 50.3 Å². The second kappa shape index (κ2) is 6.71. The lowest BCUT2D eigenvalue weighted by molar-refractivity contribution is 0.380. The highest BCUT2D eigenvalue weighted by atomic mass is 32.2. The minimum absolute atomic E-state index is 0.241. The number of benzene rings is 1. The molecule has 1 fully saturated rings. The van der Waals surface area contributed by atoms with Gasteiger partial charge in [0.15, 0.2) is 0 Å². The second-order valence-corrected chi connectivity index (χ2v) is 9.89. The summed E-state index contributed by atoms with van der Waals surface area (Å²) in [5, 5.41) is 4.00. The SMILES string of the molecule is CSc1cccc(NS(=O)(=O)c2cc(-c3noc(C4CC4)n3)sc2C)c1. The summed E-state index contributed by atoms with van der Waals surface area (Å²) in [5.74, 6) is 1.46. The molecule has 4 rings (SSSR count). The van der Waals surface area contributed by atoms with Gasteiger partial charge in [-0.15, -0.1) is 23.1 Å². The largest absolute Gasteiger partial charge is 0.339 e. The van der Waals surface area contributed by atoms with E-state index in [1.54, 1.807) is 30.8 Å². The maximum absolute atomic E-state index is 12.8. The number of nitrogens with zero attached hydrogens (tertiary/aromatic N) is 2. The number of thiophene rings is 1. The average Bonchev–Trinajstić information content (AvgIpc) is 3.20. The Morgan fingerprint density at radius 1 is 1.31 bits per heavy atom. The Hall–Kier alpha value is -1.84. The number of rotatable bonds is 6. The summed E-state index contributed by atoms with van der Waals surface area (Å²) < 4.78 is 33.6. The molecule has 0 atom stereocenters. The lowest BCUT2D eigenvalue weighted by atomic mass is 10.3. The number of hydrogen-bond donors (Lipinski definition) is 1. The molecule has 0 aliphatic heterocycles. The third-order valence-corrected chi connectivity index (χ3v) is 7.48. The van der Waals surface area contributed by atoms with Gasteiger partial charge in [0.05, 0.1) is 4.88 Å². The van der Waals surface area contributed by atoms with Gasteiger partial charge in [-0.25, -0.2) is 8.42 Å². The summed E-state index contributed by atoms with van der Waals surface area (Å²) in [6.45, 7) is 1.78. The predicted octanol–water partition coefficient (Wildman–Crippen LogP) is 4.51. The number of thioether (sulfide) groups is 1. The van der Waals surface area contributed by atoms with E-state index in [0.717, 1.165) is 17.7 Å². The van der Waals surface area contributed by atoms with Gasteiger partial charge in [0, 0.05) is 21.4 Å². The third-order valence-electron chi connectivity index (χ3n) is 4.07. The Morgan fingerprint density at radius 2 is 2.12 bits per heavy atom. The van der Waals surface area contributed by atoms with Crippen LogP contribution >= 0.6 is 23.1 Å². The van der Waals surface area contributed by atoms with Crippen molar-refractivity contribution in [2.45, 2.75) is 35.5 Å². The van der Waals surface area contributed by atoms with E-state index in [1.807, 2.05) is 24.5 Å². The molecule has 6 nitrogen and oxygen atoms in total. The molecule has 9 heteroatoms. The molecule has 26 heavy (non-hydrogen) atoms. The van der Waals surface area contributed by atoms with Crippen molar-refractivity contribution >= 4 is 38.8 Å². The fourth-order valence-corrected chi connectivity index (χ4v) is 5.60. The summed E-state index contributed by atoms with van der Waals surface area (Å²) >= 11 is 2.91. The van der Waals surface area contributed by atoms with Crippen molar-refractivity contribution in [3.8, 4) is 10.7 Å². The van der Waals surface area contributed by atoms with E-state index in [-0.39, 0.29) is 4.90 Å². The predicted molar refractivity (Wildman–Crippen MR) is 103 cm³/mol. The highest BCUT2D eigenvalue weighted by molar-refractivity contribution is 7.98. The van der Waals surface area contributed by atoms with Gasteiger partial charge in [0.2, 0.25) is 11.7 Å². The van der Waals surface area contributed by atoms with Crippen molar-refractivity contribution in [1.29, 1.82) is 0 Å². The lowest BCUT2D eigenvalue weighted by Gasteiger charge is -2.08. The van der Waals surface area contributed by atoms with Crippen LogP contribution in [0.2, 0.25) is 0 Å². The van der Waals surface area contributed by atoms with E-state index < -0.39 is 10.0 Å². The molecular weight excluding hydrogens is 390 g/mol. The summed E-state index contributed by atoms with van der Waals surface area (Å²) in [4.78, 5) is 7.01. The first-order valence-corrected chi connectivity index (χ1v) is 11.6. The second-order valence-electron chi connectivity index (χ2n) is 6.10. The zero-order valence-electron chi connectivity index (χ0n) is 14.2. The maximum atomic E-state index is 12.8. The van der Waals surface area contributed by atoms with Crippen molar-refractivity contribution in [1.82, 2.24) is 10.1 Å².